The molecule has 1 amide bonds. The molecule has 30 heavy (non-hydrogen) atoms. The average Bonchev–Trinajstić information content (AvgIpc) is 2.97. The summed E-state index contributed by atoms with van der Waals surface area (Å²) in [6.07, 6.45) is 0. The molecule has 1 aromatic heterocycles. The van der Waals surface area contributed by atoms with Crippen LogP contribution in [0.3, 0.4) is 0 Å². The molecule has 2 aromatic carbocycles. The zero-order valence-corrected chi connectivity index (χ0v) is 17.1. The molecule has 0 radical (unpaired) electrons. The number of hydrogen-bond donors (Lipinski definition) is 1. The SMILES string of the molecule is CCOC(=O)Cn1c(O)c(N=NC(=O)COc2ccc(C)cc2C)c2ccccc21. The smallest absolute Gasteiger partial charge is 0.326 e. The molecule has 8 heteroatoms. The van der Waals surface area contributed by atoms with Gasteiger partial charge in [-0.15, -0.1) is 10.2 Å². The van der Waals surface area contributed by atoms with Crippen molar-refractivity contribution in [3.63, 3.8) is 0 Å². The summed E-state index contributed by atoms with van der Waals surface area (Å²) in [7, 11) is 0. The molecule has 0 aliphatic heterocycles. The molecule has 0 saturated carbocycles. The van der Waals surface area contributed by atoms with E-state index in [9.17, 15) is 14.7 Å². The summed E-state index contributed by atoms with van der Waals surface area (Å²) < 4.78 is 11.8. The molecule has 1 heterocycles. The number of nitrogens with zero attached hydrogens (tertiary/aromatic N) is 3. The maximum Gasteiger partial charge on any atom is 0.326 e. The van der Waals surface area contributed by atoms with E-state index in [1.54, 1.807) is 37.3 Å². The first-order valence-corrected chi connectivity index (χ1v) is 9.51. The van der Waals surface area contributed by atoms with Crippen LogP contribution in [0, 0.1) is 13.8 Å². The fourth-order valence-corrected chi connectivity index (χ4v) is 3.10. The topological polar surface area (TPSA) is 102 Å². The van der Waals surface area contributed by atoms with E-state index in [2.05, 4.69) is 10.2 Å². The van der Waals surface area contributed by atoms with Crippen LogP contribution >= 0.6 is 0 Å². The van der Waals surface area contributed by atoms with Crippen LogP contribution in [0.15, 0.2) is 52.7 Å². The lowest BCUT2D eigenvalue weighted by Gasteiger charge is -2.07. The maximum absolute atomic E-state index is 12.1. The first kappa shape index (κ1) is 21.0. The fourth-order valence-electron chi connectivity index (χ4n) is 3.10. The summed E-state index contributed by atoms with van der Waals surface area (Å²) in [5, 5.41) is 18.7. The van der Waals surface area contributed by atoms with Crippen molar-refractivity contribution < 1.29 is 24.2 Å². The van der Waals surface area contributed by atoms with Crippen LogP contribution in [-0.2, 0) is 20.9 Å². The molecule has 0 aliphatic rings. The molecule has 156 valence electrons. The molecular weight excluding hydrogens is 386 g/mol. The van der Waals surface area contributed by atoms with Crippen molar-refractivity contribution in [3.05, 3.63) is 53.6 Å². The Balaban J connectivity index is 1.79. The Hall–Kier alpha value is -3.68. The minimum absolute atomic E-state index is 0.106. The van der Waals surface area contributed by atoms with E-state index in [4.69, 9.17) is 9.47 Å². The van der Waals surface area contributed by atoms with Gasteiger partial charge in [-0.05, 0) is 38.5 Å². The molecule has 0 atom stereocenters. The van der Waals surface area contributed by atoms with Crippen molar-refractivity contribution in [2.75, 3.05) is 13.2 Å². The minimum atomic E-state index is -0.600. The Bertz CT molecular complexity index is 1120. The van der Waals surface area contributed by atoms with E-state index in [1.807, 2.05) is 26.0 Å². The first-order chi connectivity index (χ1) is 14.4. The van der Waals surface area contributed by atoms with Gasteiger partial charge < -0.3 is 14.6 Å². The quantitative estimate of drug-likeness (QED) is 0.465. The van der Waals surface area contributed by atoms with Crippen molar-refractivity contribution in [2.24, 2.45) is 10.2 Å². The number of carbonyl (C=O) groups is 2. The summed E-state index contributed by atoms with van der Waals surface area (Å²) in [4.78, 5) is 24.0. The van der Waals surface area contributed by atoms with E-state index in [1.165, 1.54) is 4.57 Å². The molecular formula is C22H23N3O5. The Morgan fingerprint density at radius 2 is 1.90 bits per heavy atom. The van der Waals surface area contributed by atoms with Gasteiger partial charge in [-0.2, -0.15) is 0 Å². The second kappa shape index (κ2) is 9.21. The van der Waals surface area contributed by atoms with Gasteiger partial charge in [0.1, 0.15) is 12.3 Å². The van der Waals surface area contributed by atoms with Gasteiger partial charge in [0.2, 0.25) is 5.88 Å². The molecule has 0 unspecified atom stereocenters. The lowest BCUT2D eigenvalue weighted by molar-refractivity contribution is -0.143. The number of amides is 1. The largest absolute Gasteiger partial charge is 0.493 e. The predicted octanol–water partition coefficient (Wildman–Crippen LogP) is 4.22. The highest BCUT2D eigenvalue weighted by Gasteiger charge is 2.19. The van der Waals surface area contributed by atoms with Crippen LogP contribution in [-0.4, -0.2) is 34.8 Å². The van der Waals surface area contributed by atoms with Gasteiger partial charge in [-0.3, -0.25) is 14.2 Å². The molecule has 0 aliphatic carbocycles. The van der Waals surface area contributed by atoms with Crippen molar-refractivity contribution in [2.45, 2.75) is 27.3 Å². The molecule has 8 nitrogen and oxygen atoms in total. The number of aromatic hydroxyl groups is 1. The molecule has 0 fully saturated rings. The number of benzene rings is 2. The van der Waals surface area contributed by atoms with Crippen molar-refractivity contribution >= 4 is 28.5 Å². The van der Waals surface area contributed by atoms with Crippen LogP contribution in [0.1, 0.15) is 18.1 Å². The molecule has 0 bridgehead atoms. The second-order valence-electron chi connectivity index (χ2n) is 6.73. The predicted molar refractivity (Wildman–Crippen MR) is 111 cm³/mol. The highest BCUT2D eigenvalue weighted by atomic mass is 16.5. The van der Waals surface area contributed by atoms with Gasteiger partial charge in [-0.1, -0.05) is 35.9 Å². The van der Waals surface area contributed by atoms with E-state index >= 15 is 0 Å². The highest BCUT2D eigenvalue weighted by Crippen LogP contribution is 2.38. The van der Waals surface area contributed by atoms with Crippen LogP contribution in [0.5, 0.6) is 11.6 Å². The number of carbonyl (C=O) groups excluding carboxylic acids is 2. The average molecular weight is 409 g/mol. The number of fused-ring (bicyclic) bond motifs is 1. The number of aromatic nitrogens is 1. The molecule has 3 aromatic rings. The molecule has 0 spiro atoms. The molecule has 3 rings (SSSR count). The van der Waals surface area contributed by atoms with Crippen LogP contribution in [0.25, 0.3) is 10.9 Å². The van der Waals surface area contributed by atoms with Crippen molar-refractivity contribution in [1.29, 1.82) is 0 Å². The van der Waals surface area contributed by atoms with E-state index in [0.717, 1.165) is 11.1 Å². The number of rotatable bonds is 7. The number of para-hydroxylation sites is 1. The number of azo groups is 1. The highest BCUT2D eigenvalue weighted by molar-refractivity contribution is 5.96. The van der Waals surface area contributed by atoms with Gasteiger partial charge >= 0.3 is 11.9 Å². The zero-order chi connectivity index (χ0) is 21.7. The van der Waals surface area contributed by atoms with Gasteiger partial charge in [0.25, 0.3) is 0 Å². The molecule has 0 saturated heterocycles. The van der Waals surface area contributed by atoms with Crippen LogP contribution in [0.4, 0.5) is 5.69 Å². The minimum Gasteiger partial charge on any atom is -0.493 e. The number of aryl methyl sites for hydroxylation is 2. The third kappa shape index (κ3) is 4.65. The summed E-state index contributed by atoms with van der Waals surface area (Å²) in [5.41, 5.74) is 2.70. The summed E-state index contributed by atoms with van der Waals surface area (Å²) in [6.45, 7) is 5.35. The number of esters is 1. The van der Waals surface area contributed by atoms with E-state index in [-0.39, 0.29) is 31.3 Å². The summed E-state index contributed by atoms with van der Waals surface area (Å²) >= 11 is 0. The number of ether oxygens (including phenoxy) is 2. The Kier molecular flexibility index (Phi) is 6.46. The zero-order valence-electron chi connectivity index (χ0n) is 17.1. The van der Waals surface area contributed by atoms with Gasteiger partial charge in [0.05, 0.1) is 12.1 Å². The lowest BCUT2D eigenvalue weighted by Crippen LogP contribution is -2.12. The fraction of sp³-hybridized carbons (Fsp3) is 0.273. The van der Waals surface area contributed by atoms with Crippen LogP contribution in [0.2, 0.25) is 0 Å². The molecule has 1 N–H and O–H groups in total. The maximum atomic E-state index is 12.1. The standard InChI is InChI=1S/C22H23N3O5/c1-4-29-20(27)12-25-17-8-6-5-7-16(17)21(22(25)28)24-23-19(26)13-30-18-10-9-14(2)11-15(18)3/h5-11,28H,4,12-13H2,1-3H3. The van der Waals surface area contributed by atoms with Gasteiger partial charge in [0, 0.05) is 5.39 Å². The van der Waals surface area contributed by atoms with Crippen molar-refractivity contribution in [1.82, 2.24) is 4.57 Å². The first-order valence-electron chi connectivity index (χ1n) is 9.51. The summed E-state index contributed by atoms with van der Waals surface area (Å²) in [6, 6.07) is 12.6. The van der Waals surface area contributed by atoms with E-state index in [0.29, 0.717) is 16.7 Å². The number of hydrogen-bond acceptors (Lipinski definition) is 6. The second-order valence-corrected chi connectivity index (χ2v) is 6.73. The summed E-state index contributed by atoms with van der Waals surface area (Å²) in [5.74, 6) is -0.763. The third-order valence-corrected chi connectivity index (χ3v) is 4.45. The normalized spacial score (nSPS) is 11.2. The van der Waals surface area contributed by atoms with Crippen LogP contribution < -0.4 is 4.74 Å². The monoisotopic (exact) mass is 409 g/mol. The van der Waals surface area contributed by atoms with Gasteiger partial charge in [0.15, 0.2) is 12.3 Å². The van der Waals surface area contributed by atoms with Gasteiger partial charge in [-0.25, -0.2) is 0 Å². The lowest BCUT2D eigenvalue weighted by atomic mass is 10.1. The Morgan fingerprint density at radius 1 is 1.13 bits per heavy atom. The van der Waals surface area contributed by atoms with E-state index < -0.39 is 11.9 Å². The van der Waals surface area contributed by atoms with Crippen molar-refractivity contribution in [3.8, 4) is 11.6 Å². The Labute approximate surface area is 173 Å². The Morgan fingerprint density at radius 3 is 2.63 bits per heavy atom. The third-order valence-electron chi connectivity index (χ3n) is 4.45.